The van der Waals surface area contributed by atoms with Crippen LogP contribution in [0.4, 0.5) is 0 Å². The number of aliphatic hydroxyl groups is 2. The first-order valence-electron chi connectivity index (χ1n) is 23.6. The second-order valence-corrected chi connectivity index (χ2v) is 20.3. The van der Waals surface area contributed by atoms with E-state index in [4.69, 9.17) is 14.3 Å². The van der Waals surface area contributed by atoms with Gasteiger partial charge in [0, 0.05) is 81.0 Å². The van der Waals surface area contributed by atoms with E-state index in [-0.39, 0.29) is 54.3 Å². The monoisotopic (exact) mass is 873 g/mol. The molecule has 63 heavy (non-hydrogen) atoms. The van der Waals surface area contributed by atoms with E-state index >= 15 is 0 Å². The highest BCUT2D eigenvalue weighted by molar-refractivity contribution is 5.96. The Balaban J connectivity index is 1.17. The number of benzene rings is 1. The highest BCUT2D eigenvalue weighted by atomic mass is 16.7. The average Bonchev–Trinajstić information content (AvgIpc) is 3.63. The van der Waals surface area contributed by atoms with Gasteiger partial charge in [0.25, 0.3) is 5.91 Å². The first-order chi connectivity index (χ1) is 30.1. The van der Waals surface area contributed by atoms with Crippen molar-refractivity contribution in [2.24, 2.45) is 40.9 Å². The summed E-state index contributed by atoms with van der Waals surface area (Å²) in [5.74, 6) is 1.21. The van der Waals surface area contributed by atoms with Crippen molar-refractivity contribution < 1.29 is 34.1 Å². The van der Waals surface area contributed by atoms with E-state index in [0.29, 0.717) is 56.1 Å². The zero-order valence-corrected chi connectivity index (χ0v) is 39.2. The Kier molecular flexibility index (Phi) is 15.6. The van der Waals surface area contributed by atoms with Gasteiger partial charge >= 0.3 is 0 Å². The number of carbonyl (C=O) groups excluding carboxylic acids is 2. The SMILES string of the molecule is C[C@@H]1[C@@H](NC(=O)[C@@H]2[C@H]([C@H](C)O)[C@H](CO)ON2CC2=C(OCCN3CCOCC3)C(C3C=C(C(=O)N[C@@H](Cc4ccccc4)CN(C)C)C=C(N(C)C)C3)CC=C2)C[C@H]2C[C@@H]1C2(C)C. The zero-order chi connectivity index (χ0) is 45.0. The Morgan fingerprint density at radius 1 is 1.08 bits per heavy atom. The normalized spacial score (nSPS) is 31.8. The van der Waals surface area contributed by atoms with Crippen LogP contribution in [0.25, 0.3) is 0 Å². The molecule has 2 bridgehead atoms. The predicted molar refractivity (Wildman–Crippen MR) is 245 cm³/mol. The van der Waals surface area contributed by atoms with Crippen LogP contribution < -0.4 is 10.6 Å². The molecule has 2 saturated heterocycles. The summed E-state index contributed by atoms with van der Waals surface area (Å²) in [6.45, 7) is 13.5. The summed E-state index contributed by atoms with van der Waals surface area (Å²) in [7, 11) is 8.11. The number of allylic oxidation sites excluding steroid dienone is 4. The molecule has 0 radical (unpaired) electrons. The van der Waals surface area contributed by atoms with E-state index in [9.17, 15) is 19.8 Å². The molecule has 2 heterocycles. The van der Waals surface area contributed by atoms with Crippen molar-refractivity contribution in [3.63, 3.8) is 0 Å². The van der Waals surface area contributed by atoms with Crippen LogP contribution in [0.3, 0.4) is 0 Å². The fourth-order valence-electron chi connectivity index (χ4n) is 11.5. The van der Waals surface area contributed by atoms with Crippen LogP contribution in [-0.2, 0) is 30.3 Å². The van der Waals surface area contributed by atoms with Gasteiger partial charge in [0.15, 0.2) is 0 Å². The molecule has 2 aliphatic heterocycles. The van der Waals surface area contributed by atoms with Crippen LogP contribution in [0.2, 0.25) is 0 Å². The van der Waals surface area contributed by atoms with Gasteiger partial charge in [-0.25, -0.2) is 0 Å². The topological polar surface area (TPSA) is 139 Å². The molecule has 0 aromatic heterocycles. The zero-order valence-electron chi connectivity index (χ0n) is 39.2. The Morgan fingerprint density at radius 3 is 2.48 bits per heavy atom. The summed E-state index contributed by atoms with van der Waals surface area (Å²) >= 11 is 0. The molecule has 7 aliphatic rings. The maximum Gasteiger partial charge on any atom is 0.251 e. The fraction of sp³-hybridized carbons (Fsp3) is 0.680. The smallest absolute Gasteiger partial charge is 0.251 e. The number of carbonyl (C=O) groups is 2. The van der Waals surface area contributed by atoms with E-state index in [0.717, 1.165) is 55.9 Å². The Hall–Kier alpha value is -3.56. The number of nitrogens with one attached hydrogen (secondary N) is 2. The van der Waals surface area contributed by atoms with Crippen LogP contribution in [0.15, 0.2) is 77.2 Å². The average molecular weight is 873 g/mol. The van der Waals surface area contributed by atoms with Crippen molar-refractivity contribution in [3.8, 4) is 0 Å². The molecule has 13 heteroatoms. The molecule has 0 spiro atoms. The van der Waals surface area contributed by atoms with Gasteiger partial charge in [-0.05, 0) is 93.8 Å². The Bertz CT molecular complexity index is 1860. The molecule has 2 amide bonds. The summed E-state index contributed by atoms with van der Waals surface area (Å²) in [6.07, 6.45) is 11.0. The van der Waals surface area contributed by atoms with Crippen LogP contribution in [-0.4, -0.2) is 159 Å². The van der Waals surface area contributed by atoms with Crippen molar-refractivity contribution in [3.05, 3.63) is 82.8 Å². The van der Waals surface area contributed by atoms with Crippen LogP contribution >= 0.6 is 0 Å². The summed E-state index contributed by atoms with van der Waals surface area (Å²) < 4.78 is 12.5. The molecule has 8 rings (SSSR count). The number of rotatable bonds is 18. The number of hydrogen-bond donors (Lipinski definition) is 4. The third-order valence-corrected chi connectivity index (χ3v) is 15.3. The molecule has 4 N–H and O–H groups in total. The summed E-state index contributed by atoms with van der Waals surface area (Å²) in [5.41, 5.74) is 4.04. The quantitative estimate of drug-likeness (QED) is 0.170. The minimum Gasteiger partial charge on any atom is -0.496 e. The molecular weight excluding hydrogens is 797 g/mol. The van der Waals surface area contributed by atoms with E-state index in [1.165, 1.54) is 12.0 Å². The molecule has 1 aromatic rings. The predicted octanol–water partition coefficient (Wildman–Crippen LogP) is 4.01. The number of hydroxylamine groups is 2. The number of ether oxygens (including phenoxy) is 2. The molecule has 3 saturated carbocycles. The number of nitrogens with zero attached hydrogens (tertiary/aromatic N) is 4. The number of hydrogen-bond acceptors (Lipinski definition) is 11. The molecular formula is C50H76N6O7. The third-order valence-electron chi connectivity index (χ3n) is 15.3. The molecule has 11 atom stereocenters. The second kappa shape index (κ2) is 20.7. The van der Waals surface area contributed by atoms with Gasteiger partial charge in [0.1, 0.15) is 24.5 Å². The van der Waals surface area contributed by atoms with Crippen molar-refractivity contribution >= 4 is 11.8 Å². The minimum atomic E-state index is -0.898. The van der Waals surface area contributed by atoms with E-state index in [1.54, 1.807) is 12.0 Å². The van der Waals surface area contributed by atoms with Gasteiger partial charge in [0.2, 0.25) is 5.91 Å². The van der Waals surface area contributed by atoms with Crippen LogP contribution in [0, 0.1) is 40.9 Å². The Morgan fingerprint density at radius 2 is 1.83 bits per heavy atom. The minimum absolute atomic E-state index is 0.0381. The number of amides is 2. The molecule has 2 unspecified atom stereocenters. The van der Waals surface area contributed by atoms with Gasteiger partial charge < -0.3 is 40.1 Å². The van der Waals surface area contributed by atoms with Crippen molar-refractivity contribution in [2.45, 2.75) is 90.1 Å². The number of aliphatic hydroxyl groups excluding tert-OH is 2. The van der Waals surface area contributed by atoms with E-state index in [2.05, 4.69) is 76.5 Å². The largest absolute Gasteiger partial charge is 0.496 e. The van der Waals surface area contributed by atoms with Gasteiger partial charge in [-0.2, -0.15) is 5.06 Å². The molecule has 5 fully saturated rings. The van der Waals surface area contributed by atoms with Crippen molar-refractivity contribution in [1.82, 2.24) is 30.4 Å². The highest BCUT2D eigenvalue weighted by Gasteiger charge is 2.57. The summed E-state index contributed by atoms with van der Waals surface area (Å²) in [5, 5.41) is 30.2. The molecule has 1 aromatic carbocycles. The lowest BCUT2D eigenvalue weighted by Crippen LogP contribution is -2.62. The number of morpholine rings is 1. The third kappa shape index (κ3) is 10.9. The van der Waals surface area contributed by atoms with Gasteiger partial charge in [-0.1, -0.05) is 69.3 Å². The molecule has 13 nitrogen and oxygen atoms in total. The fourth-order valence-corrected chi connectivity index (χ4v) is 11.5. The molecule has 348 valence electrons. The van der Waals surface area contributed by atoms with Gasteiger partial charge in [-0.15, -0.1) is 0 Å². The van der Waals surface area contributed by atoms with E-state index < -0.39 is 24.2 Å². The summed E-state index contributed by atoms with van der Waals surface area (Å²) in [6, 6.07) is 9.41. The standard InChI is InChI=1S/C50H76N6O7/c1-32-42-27-38(50(42,3)4)28-43(32)52-49(60)46-45(33(2)58)44(31-57)63-56(46)29-35-15-12-16-41(47(35)62-22-19-55-17-20-61-21-18-55)36-24-37(26-40(25-36)54(7)8)48(59)51-39(30-53(5)6)23-34-13-10-9-11-14-34/h9-15,24,26,32-33,36,38-39,41-46,57-58H,16-23,25,27-31H2,1-8H3,(H,51,59)(H,52,60)/t32-,33-,36?,38+,39-,41?,42-,43-,44-,45+,46-/m0/s1. The van der Waals surface area contributed by atoms with Crippen molar-refractivity contribution in [1.29, 1.82) is 0 Å². The Labute approximate surface area is 376 Å². The maximum absolute atomic E-state index is 14.6. The molecule has 5 aliphatic carbocycles. The van der Waals surface area contributed by atoms with Gasteiger partial charge in [-0.3, -0.25) is 19.3 Å². The maximum atomic E-state index is 14.6. The van der Waals surface area contributed by atoms with Gasteiger partial charge in [0.05, 0.1) is 32.5 Å². The van der Waals surface area contributed by atoms with Crippen molar-refractivity contribution in [2.75, 3.05) is 87.3 Å². The first-order valence-corrected chi connectivity index (χ1v) is 23.6. The first kappa shape index (κ1) is 47.4. The number of likely N-dealkylation sites (N-methyl/N-ethyl adjacent to an activating group) is 1. The van der Waals surface area contributed by atoms with Crippen LogP contribution in [0.5, 0.6) is 0 Å². The second-order valence-electron chi connectivity index (χ2n) is 20.3. The summed E-state index contributed by atoms with van der Waals surface area (Å²) in [4.78, 5) is 41.9. The lowest BCUT2D eigenvalue weighted by Gasteiger charge is -2.62. The van der Waals surface area contributed by atoms with Crippen LogP contribution in [0.1, 0.15) is 58.9 Å². The lowest BCUT2D eigenvalue weighted by molar-refractivity contribution is -0.173. The highest BCUT2D eigenvalue weighted by Crippen LogP contribution is 2.61. The lowest BCUT2D eigenvalue weighted by atomic mass is 9.45. The van der Waals surface area contributed by atoms with E-state index in [1.807, 2.05) is 52.5 Å². The number of fused-ring (bicyclic) bond motifs is 2.